The van der Waals surface area contributed by atoms with E-state index in [0.717, 1.165) is 0 Å². The summed E-state index contributed by atoms with van der Waals surface area (Å²) >= 11 is 13.3. The zero-order valence-electron chi connectivity index (χ0n) is 39.0. The highest BCUT2D eigenvalue weighted by Gasteiger charge is 2.31. The van der Waals surface area contributed by atoms with E-state index in [1.165, 1.54) is 109 Å². The van der Waals surface area contributed by atoms with Gasteiger partial charge in [0.2, 0.25) is 0 Å². The highest BCUT2D eigenvalue weighted by atomic mass is 79.9. The quantitative estimate of drug-likeness (QED) is 0.100. The largest absolute Gasteiger partial charge is 0.481 e. The summed E-state index contributed by atoms with van der Waals surface area (Å²) in [6, 6.07) is 39.9. The summed E-state index contributed by atoms with van der Waals surface area (Å²) in [5, 5.41) is 10.2. The lowest BCUT2D eigenvalue weighted by Crippen LogP contribution is -2.17. The molecule has 0 heterocycles. The minimum atomic E-state index is -4.71. The summed E-state index contributed by atoms with van der Waals surface area (Å²) < 4.78 is 142. The minimum absolute atomic E-state index is 0.0669. The molecule has 9 rings (SSSR count). The average Bonchev–Trinajstić information content (AvgIpc) is 3.37. The van der Waals surface area contributed by atoms with Gasteiger partial charge in [-0.15, -0.1) is 0 Å². The SMILES string of the molecule is O=C(O)Cc1cc2c(OS(=O)(=O)c3ccc(Br)cc3)c(c1)Cc1cccc(c1OS(=O)(=O)c1ccc(Br)cc1)Cc1cccc(c1OS(=O)(=O)c1ccc(Br)cc1)Cc1cccc(c1OS(=O)(=O)c1ccc(Br)cc1)C2. The molecule has 22 heteroatoms. The van der Waals surface area contributed by atoms with Gasteiger partial charge in [0.1, 0.15) is 42.6 Å². The van der Waals surface area contributed by atoms with Crippen LogP contribution in [-0.4, -0.2) is 44.7 Å². The summed E-state index contributed by atoms with van der Waals surface area (Å²) in [5.74, 6) is -2.10. The number of aliphatic carboxylic acids is 1. The van der Waals surface area contributed by atoms with Gasteiger partial charge < -0.3 is 21.8 Å². The summed E-state index contributed by atoms with van der Waals surface area (Å²) in [6.45, 7) is 0. The number of rotatable bonds is 14. The zero-order chi connectivity index (χ0) is 54.2. The first-order valence-electron chi connectivity index (χ1n) is 22.5. The number of carboxylic acid groups (broad SMARTS) is 1. The molecule has 390 valence electrons. The molecule has 1 aliphatic rings. The number of carboxylic acids is 1. The number of hydrogen-bond donors (Lipinski definition) is 1. The van der Waals surface area contributed by atoms with Gasteiger partial charge in [0, 0.05) is 88.1 Å². The van der Waals surface area contributed by atoms with Gasteiger partial charge in [0.25, 0.3) is 0 Å². The van der Waals surface area contributed by atoms with E-state index in [4.69, 9.17) is 16.7 Å². The lowest BCUT2D eigenvalue weighted by molar-refractivity contribution is -0.136. The number of carbonyl (C=O) groups is 1. The Hall–Kier alpha value is -5.85. The normalized spacial score (nSPS) is 12.8. The Morgan fingerprint density at radius 2 is 0.566 bits per heavy atom. The molecule has 8 aromatic rings. The second-order valence-corrected chi connectivity index (χ2v) is 27.1. The molecule has 0 saturated carbocycles. The van der Waals surface area contributed by atoms with Crippen molar-refractivity contribution in [3.8, 4) is 23.0 Å². The fourth-order valence-corrected chi connectivity index (χ4v) is 13.5. The van der Waals surface area contributed by atoms with Gasteiger partial charge in [0.05, 0.1) is 6.42 Å². The monoisotopic (exact) mass is 1350 g/mol. The van der Waals surface area contributed by atoms with Gasteiger partial charge in [-0.05, 0) is 103 Å². The van der Waals surface area contributed by atoms with Crippen LogP contribution in [0.2, 0.25) is 0 Å². The molecule has 0 atom stereocenters. The maximum Gasteiger partial charge on any atom is 0.339 e. The second-order valence-electron chi connectivity index (χ2n) is 17.2. The van der Waals surface area contributed by atoms with Crippen molar-refractivity contribution in [2.75, 3.05) is 0 Å². The van der Waals surface area contributed by atoms with Crippen molar-refractivity contribution < 1.29 is 60.3 Å². The predicted octanol–water partition coefficient (Wildman–Crippen LogP) is 12.1. The highest BCUT2D eigenvalue weighted by molar-refractivity contribution is 9.11. The van der Waals surface area contributed by atoms with Gasteiger partial charge in [-0.2, -0.15) is 33.7 Å². The third kappa shape index (κ3) is 12.6. The van der Waals surface area contributed by atoms with Crippen LogP contribution in [0.1, 0.15) is 50.1 Å². The van der Waals surface area contributed by atoms with Crippen LogP contribution in [0.25, 0.3) is 0 Å². The second kappa shape index (κ2) is 22.2. The molecule has 0 amide bonds. The third-order valence-corrected chi connectivity index (χ3v) is 19.0. The summed E-state index contributed by atoms with van der Waals surface area (Å²) in [4.78, 5) is 11.6. The fourth-order valence-electron chi connectivity index (χ4n) is 8.40. The summed E-state index contributed by atoms with van der Waals surface area (Å²) in [6.07, 6.45) is -1.76. The topological polar surface area (TPSA) is 211 Å². The Labute approximate surface area is 472 Å². The van der Waals surface area contributed by atoms with E-state index in [2.05, 4.69) is 63.7 Å². The van der Waals surface area contributed by atoms with E-state index in [-0.39, 0.29) is 118 Å². The standard InChI is InChI=1S/C54H38Br4O14S4/c55-42-10-18-46(19-11-42)73(61,62)69-51-34-4-1-5-35(51)30-37-7-3-9-39(53(37)71-75(65,66)48-22-14-44(57)15-23-48)32-41-27-33(28-50(59)60)26-40(54(41)72-76(67,68)49-24-16-45(58)17-25-49)31-38-8-2-6-36(29-34)52(38)70-74(63,64)47-20-12-43(56)13-21-47/h1-27H,28-32H2,(H,59,60). The van der Waals surface area contributed by atoms with Gasteiger partial charge in [-0.3, -0.25) is 4.79 Å². The molecule has 0 unspecified atom stereocenters. The molecule has 76 heavy (non-hydrogen) atoms. The van der Waals surface area contributed by atoms with Gasteiger partial charge >= 0.3 is 46.4 Å². The molecule has 0 aromatic heterocycles. The predicted molar refractivity (Wildman–Crippen MR) is 296 cm³/mol. The summed E-state index contributed by atoms with van der Waals surface area (Å²) in [5.41, 5.74) is 1.48. The van der Waals surface area contributed by atoms with E-state index in [0.29, 0.717) is 17.9 Å². The molecule has 8 aromatic carbocycles. The van der Waals surface area contributed by atoms with Gasteiger partial charge in [0.15, 0.2) is 0 Å². The van der Waals surface area contributed by atoms with Crippen molar-refractivity contribution in [1.82, 2.24) is 0 Å². The van der Waals surface area contributed by atoms with Crippen LogP contribution in [0.5, 0.6) is 23.0 Å². The Morgan fingerprint density at radius 3 is 0.789 bits per heavy atom. The Bertz CT molecular complexity index is 3850. The summed E-state index contributed by atoms with van der Waals surface area (Å²) in [7, 11) is -18.7. The maximum absolute atomic E-state index is 14.4. The molecule has 0 radical (unpaired) electrons. The Balaban J connectivity index is 1.33. The van der Waals surface area contributed by atoms with E-state index < -0.39 is 52.9 Å². The molecular formula is C54H38Br4O14S4. The van der Waals surface area contributed by atoms with Crippen LogP contribution in [0, 0.1) is 0 Å². The smallest absolute Gasteiger partial charge is 0.339 e. The average molecular weight is 1360 g/mol. The van der Waals surface area contributed by atoms with E-state index in [9.17, 15) is 43.6 Å². The van der Waals surface area contributed by atoms with Gasteiger partial charge in [-0.25, -0.2) is 0 Å². The number of para-hydroxylation sites is 3. The van der Waals surface area contributed by atoms with Crippen molar-refractivity contribution in [1.29, 1.82) is 0 Å². The van der Waals surface area contributed by atoms with Crippen molar-refractivity contribution in [3.63, 3.8) is 0 Å². The van der Waals surface area contributed by atoms with E-state index >= 15 is 0 Å². The number of hydrogen-bond acceptors (Lipinski definition) is 13. The van der Waals surface area contributed by atoms with Crippen LogP contribution in [0.3, 0.4) is 0 Å². The lowest BCUT2D eigenvalue weighted by atomic mass is 9.90. The first-order valence-corrected chi connectivity index (χ1v) is 31.3. The lowest BCUT2D eigenvalue weighted by Gasteiger charge is -2.23. The van der Waals surface area contributed by atoms with Crippen molar-refractivity contribution in [3.05, 3.63) is 232 Å². The van der Waals surface area contributed by atoms with Crippen molar-refractivity contribution >= 4 is 110 Å². The van der Waals surface area contributed by atoms with Crippen LogP contribution in [0.15, 0.2) is 201 Å². The number of benzene rings is 8. The van der Waals surface area contributed by atoms with Crippen LogP contribution >= 0.6 is 63.7 Å². The number of fused-ring (bicyclic) bond motifs is 8. The zero-order valence-corrected chi connectivity index (χ0v) is 48.6. The molecular weight excluding hydrogens is 1320 g/mol. The van der Waals surface area contributed by atoms with Crippen LogP contribution in [0.4, 0.5) is 0 Å². The molecule has 14 nitrogen and oxygen atoms in total. The van der Waals surface area contributed by atoms with Crippen LogP contribution < -0.4 is 16.7 Å². The molecule has 0 fully saturated rings. The first-order chi connectivity index (χ1) is 36.0. The Kier molecular flexibility index (Phi) is 16.1. The minimum Gasteiger partial charge on any atom is -0.481 e. The van der Waals surface area contributed by atoms with Crippen molar-refractivity contribution in [2.45, 2.75) is 51.7 Å². The molecule has 0 saturated heterocycles. The van der Waals surface area contributed by atoms with Gasteiger partial charge in [-0.1, -0.05) is 130 Å². The molecule has 1 aliphatic carbocycles. The molecule has 8 bridgehead atoms. The van der Waals surface area contributed by atoms with Crippen LogP contribution in [-0.2, 0) is 77.4 Å². The van der Waals surface area contributed by atoms with E-state index in [1.807, 2.05) is 0 Å². The molecule has 0 aliphatic heterocycles. The maximum atomic E-state index is 14.4. The first kappa shape index (κ1) is 54.9. The highest BCUT2D eigenvalue weighted by Crippen LogP contribution is 2.42. The van der Waals surface area contributed by atoms with Crippen molar-refractivity contribution in [2.24, 2.45) is 0 Å². The fraction of sp³-hybridized carbons (Fsp3) is 0.0926. The third-order valence-electron chi connectivity index (χ3n) is 11.9. The number of halogens is 4. The molecule has 1 N–H and O–H groups in total. The molecule has 0 spiro atoms. The van der Waals surface area contributed by atoms with E-state index in [1.54, 1.807) is 54.6 Å². The Morgan fingerprint density at radius 1 is 0.355 bits per heavy atom.